The van der Waals surface area contributed by atoms with Crippen LogP contribution in [0.4, 0.5) is 16.2 Å². The fourth-order valence-corrected chi connectivity index (χ4v) is 7.09. The van der Waals surface area contributed by atoms with Crippen LogP contribution in [0, 0.1) is 19.8 Å². The molecule has 262 valence electrons. The van der Waals surface area contributed by atoms with Gasteiger partial charge in [-0.1, -0.05) is 30.3 Å². The highest BCUT2D eigenvalue weighted by atomic mass is 32.2. The van der Waals surface area contributed by atoms with E-state index in [1.165, 1.54) is 16.3 Å². The van der Waals surface area contributed by atoms with E-state index in [2.05, 4.69) is 15.8 Å². The molecule has 0 saturated heterocycles. The Bertz CT molecular complexity index is 1630. The summed E-state index contributed by atoms with van der Waals surface area (Å²) >= 11 is 0. The van der Waals surface area contributed by atoms with Gasteiger partial charge in [-0.05, 0) is 77.3 Å². The monoisotopic (exact) mass is 685 g/mol. The molecule has 2 heterocycles. The van der Waals surface area contributed by atoms with Crippen molar-refractivity contribution < 1.29 is 37.1 Å². The van der Waals surface area contributed by atoms with Crippen molar-refractivity contribution in [1.82, 2.24) is 14.4 Å². The number of likely N-dealkylation sites (N-methyl/N-ethyl adjacent to an activating group) is 1. The SMILES string of the molecule is Cc1noc(C)c1S(=O)(=O)N(C)C[C@@H]1OCCCC[C@H](C)Oc2ccc(NC(=O)Nc3ccccc3)cc2C(=O)N([C@H](C)CO)C[C@H]1C. The Balaban J connectivity index is 1.64. The molecule has 0 saturated carbocycles. The number of urea groups is 1. The highest BCUT2D eigenvalue weighted by Crippen LogP contribution is 2.29. The van der Waals surface area contributed by atoms with Gasteiger partial charge in [0, 0.05) is 44.0 Å². The summed E-state index contributed by atoms with van der Waals surface area (Å²) in [6.07, 6.45) is 1.38. The number of anilines is 2. The van der Waals surface area contributed by atoms with Crippen LogP contribution >= 0.6 is 0 Å². The lowest BCUT2D eigenvalue weighted by Gasteiger charge is -2.35. The number of sulfonamides is 1. The lowest BCUT2D eigenvalue weighted by molar-refractivity contribution is -0.00835. The van der Waals surface area contributed by atoms with Gasteiger partial charge in [0.1, 0.15) is 16.3 Å². The number of aliphatic hydroxyl groups excluding tert-OH is 1. The quantitative estimate of drug-likeness (QED) is 0.294. The van der Waals surface area contributed by atoms with E-state index in [9.17, 15) is 23.1 Å². The first-order chi connectivity index (χ1) is 22.8. The third-order valence-corrected chi connectivity index (χ3v) is 10.5. The molecule has 0 radical (unpaired) electrons. The summed E-state index contributed by atoms with van der Waals surface area (Å²) < 4.78 is 46.0. The fourth-order valence-electron chi connectivity index (χ4n) is 5.63. The van der Waals surface area contributed by atoms with Gasteiger partial charge in [0.2, 0.25) is 10.0 Å². The molecule has 1 aliphatic rings. The number of para-hydroxylation sites is 1. The van der Waals surface area contributed by atoms with Gasteiger partial charge in [0.05, 0.1) is 30.4 Å². The molecule has 48 heavy (non-hydrogen) atoms. The number of aromatic nitrogens is 1. The fraction of sp³-hybridized carbons (Fsp3) is 0.500. The van der Waals surface area contributed by atoms with Crippen molar-refractivity contribution in [3.05, 3.63) is 65.5 Å². The molecule has 3 N–H and O–H groups in total. The first-order valence-electron chi connectivity index (χ1n) is 16.2. The first-order valence-corrected chi connectivity index (χ1v) is 17.6. The summed E-state index contributed by atoms with van der Waals surface area (Å²) in [4.78, 5) is 28.7. The molecule has 0 fully saturated rings. The molecular weight excluding hydrogens is 638 g/mol. The van der Waals surface area contributed by atoms with Crippen LogP contribution in [0.1, 0.15) is 61.8 Å². The van der Waals surface area contributed by atoms with Crippen LogP contribution in [-0.4, -0.2) is 91.4 Å². The number of fused-ring (bicyclic) bond motifs is 1. The summed E-state index contributed by atoms with van der Waals surface area (Å²) in [5.74, 6) is -0.201. The number of nitrogens with one attached hydrogen (secondary N) is 2. The lowest BCUT2D eigenvalue weighted by Crippen LogP contribution is -2.48. The largest absolute Gasteiger partial charge is 0.490 e. The predicted molar refractivity (Wildman–Crippen MR) is 182 cm³/mol. The summed E-state index contributed by atoms with van der Waals surface area (Å²) in [7, 11) is -2.46. The molecule has 0 bridgehead atoms. The molecule has 14 heteroatoms. The van der Waals surface area contributed by atoms with Crippen molar-refractivity contribution in [2.24, 2.45) is 5.92 Å². The van der Waals surface area contributed by atoms with E-state index in [0.29, 0.717) is 30.2 Å². The first kappa shape index (κ1) is 36.8. The van der Waals surface area contributed by atoms with Gasteiger partial charge in [-0.2, -0.15) is 4.31 Å². The van der Waals surface area contributed by atoms with Gasteiger partial charge in [0.25, 0.3) is 5.91 Å². The number of rotatable bonds is 8. The van der Waals surface area contributed by atoms with Gasteiger partial charge in [0.15, 0.2) is 5.76 Å². The second kappa shape index (κ2) is 16.4. The van der Waals surface area contributed by atoms with Gasteiger partial charge < -0.3 is 34.6 Å². The molecule has 13 nitrogen and oxygen atoms in total. The number of aryl methyl sites for hydroxylation is 2. The second-order valence-corrected chi connectivity index (χ2v) is 14.4. The Labute approximate surface area is 282 Å². The molecule has 3 amide bonds. The van der Waals surface area contributed by atoms with Crippen LogP contribution < -0.4 is 15.4 Å². The number of carbonyl (C=O) groups is 2. The van der Waals surface area contributed by atoms with Crippen molar-refractivity contribution in [3.8, 4) is 5.75 Å². The van der Waals surface area contributed by atoms with Crippen LogP contribution in [0.3, 0.4) is 0 Å². The van der Waals surface area contributed by atoms with Crippen LogP contribution in [0.15, 0.2) is 57.9 Å². The maximum atomic E-state index is 14.3. The summed E-state index contributed by atoms with van der Waals surface area (Å²) in [6.45, 7) is 8.93. The van der Waals surface area contributed by atoms with E-state index in [1.54, 1.807) is 51.1 Å². The Morgan fingerprint density at radius 1 is 1.10 bits per heavy atom. The third kappa shape index (κ3) is 9.13. The molecule has 4 atom stereocenters. The highest BCUT2D eigenvalue weighted by molar-refractivity contribution is 7.89. The van der Waals surface area contributed by atoms with Crippen LogP contribution in [-0.2, 0) is 14.8 Å². The van der Waals surface area contributed by atoms with Crippen LogP contribution in [0.25, 0.3) is 0 Å². The predicted octanol–water partition coefficient (Wildman–Crippen LogP) is 5.05. The number of aliphatic hydroxyl groups is 1. The van der Waals surface area contributed by atoms with E-state index in [4.69, 9.17) is 14.0 Å². The average Bonchev–Trinajstić information content (AvgIpc) is 3.40. The molecule has 1 aromatic heterocycles. The lowest BCUT2D eigenvalue weighted by atomic mass is 10.0. The zero-order valence-electron chi connectivity index (χ0n) is 28.4. The Morgan fingerprint density at radius 2 is 1.81 bits per heavy atom. The average molecular weight is 686 g/mol. The number of nitrogens with zero attached hydrogens (tertiary/aromatic N) is 3. The molecule has 3 aromatic rings. The van der Waals surface area contributed by atoms with E-state index in [-0.39, 0.29) is 53.6 Å². The second-order valence-electron chi connectivity index (χ2n) is 12.4. The number of carbonyl (C=O) groups excluding carboxylic acids is 2. The summed E-state index contributed by atoms with van der Waals surface area (Å²) in [5.41, 5.74) is 1.49. The van der Waals surface area contributed by atoms with Crippen molar-refractivity contribution in [2.75, 3.05) is 44.0 Å². The normalized spacial score (nSPS) is 20.4. The highest BCUT2D eigenvalue weighted by Gasteiger charge is 2.34. The number of benzene rings is 2. The molecular formula is C34H47N5O8S. The summed E-state index contributed by atoms with van der Waals surface area (Å²) in [5, 5.41) is 19.6. The molecule has 2 aromatic carbocycles. The molecule has 0 unspecified atom stereocenters. The maximum absolute atomic E-state index is 14.3. The molecule has 4 rings (SSSR count). The van der Waals surface area contributed by atoms with Gasteiger partial charge >= 0.3 is 6.03 Å². The van der Waals surface area contributed by atoms with Gasteiger partial charge in [-0.15, -0.1) is 0 Å². The number of hydrogen-bond donors (Lipinski definition) is 3. The number of ether oxygens (including phenoxy) is 2. The van der Waals surface area contributed by atoms with E-state index >= 15 is 0 Å². The van der Waals surface area contributed by atoms with Crippen molar-refractivity contribution in [3.63, 3.8) is 0 Å². The van der Waals surface area contributed by atoms with Gasteiger partial charge in [-0.3, -0.25) is 4.79 Å². The van der Waals surface area contributed by atoms with Crippen molar-refractivity contribution >= 4 is 33.3 Å². The van der Waals surface area contributed by atoms with Gasteiger partial charge in [-0.25, -0.2) is 13.2 Å². The minimum atomic E-state index is -3.95. The molecule has 0 spiro atoms. The molecule has 1 aliphatic heterocycles. The minimum absolute atomic E-state index is 0.0177. The maximum Gasteiger partial charge on any atom is 0.323 e. The summed E-state index contributed by atoms with van der Waals surface area (Å²) in [6, 6.07) is 12.8. The Kier molecular flexibility index (Phi) is 12.6. The number of amides is 3. The minimum Gasteiger partial charge on any atom is -0.490 e. The Hall–Kier alpha value is -3.98. The van der Waals surface area contributed by atoms with E-state index in [1.807, 2.05) is 32.0 Å². The zero-order chi connectivity index (χ0) is 35.0. The smallest absolute Gasteiger partial charge is 0.323 e. The zero-order valence-corrected chi connectivity index (χ0v) is 29.2. The topological polar surface area (TPSA) is 164 Å². The van der Waals surface area contributed by atoms with Crippen LogP contribution in [0.5, 0.6) is 5.75 Å². The van der Waals surface area contributed by atoms with Crippen LogP contribution in [0.2, 0.25) is 0 Å². The number of hydrogen-bond acceptors (Lipinski definition) is 9. The van der Waals surface area contributed by atoms with Crippen molar-refractivity contribution in [2.45, 2.75) is 77.0 Å². The van der Waals surface area contributed by atoms with E-state index in [0.717, 1.165) is 12.8 Å². The third-order valence-electron chi connectivity index (χ3n) is 8.41. The van der Waals surface area contributed by atoms with Crippen molar-refractivity contribution in [1.29, 1.82) is 0 Å². The Morgan fingerprint density at radius 3 is 2.48 bits per heavy atom. The van der Waals surface area contributed by atoms with E-state index < -0.39 is 34.1 Å². The standard InChI is InChI=1S/C34H47N5O8S/c1-22-19-39(23(2)21-40)33(41)29-18-28(36-34(42)35-27-13-8-7-9-14-27)15-16-30(29)46-24(3)12-10-11-17-45-31(22)20-38(6)48(43,44)32-25(4)37-47-26(32)5/h7-9,13-16,18,22-24,31,40H,10-12,17,19-21H2,1-6H3,(H2,35,36,42)/t22-,23-,24+,31+/m1/s1. The molecule has 0 aliphatic carbocycles.